The van der Waals surface area contributed by atoms with E-state index in [9.17, 15) is 0 Å². The minimum absolute atomic E-state index is 0.0712. The van der Waals surface area contributed by atoms with Crippen LogP contribution in [0.25, 0.3) is 6.08 Å². The van der Waals surface area contributed by atoms with Crippen molar-refractivity contribution >= 4 is 6.08 Å². The van der Waals surface area contributed by atoms with Gasteiger partial charge < -0.3 is 19.7 Å². The highest BCUT2D eigenvalue weighted by molar-refractivity contribution is 5.67. The highest BCUT2D eigenvalue weighted by atomic mass is 16.5. The molecule has 0 unspecified atom stereocenters. The summed E-state index contributed by atoms with van der Waals surface area (Å²) < 4.78 is 10.6. The van der Waals surface area contributed by atoms with Crippen LogP contribution in [0.4, 0.5) is 0 Å². The van der Waals surface area contributed by atoms with Gasteiger partial charge in [0.25, 0.3) is 0 Å². The molecule has 1 aromatic carbocycles. The Hall–Kier alpha value is -2.54. The Morgan fingerprint density at radius 1 is 1.10 bits per heavy atom. The van der Waals surface area contributed by atoms with Crippen LogP contribution in [-0.4, -0.2) is 36.6 Å². The predicted octanol–water partition coefficient (Wildman–Crippen LogP) is 0.859. The van der Waals surface area contributed by atoms with E-state index in [1.54, 1.807) is 30.3 Å². The Labute approximate surface area is 116 Å². The van der Waals surface area contributed by atoms with Crippen molar-refractivity contribution in [3.8, 4) is 23.6 Å². The van der Waals surface area contributed by atoms with Gasteiger partial charge in [0.05, 0.1) is 13.2 Å². The first kappa shape index (κ1) is 15.5. The lowest BCUT2D eigenvalue weighted by Crippen LogP contribution is -2.04. The second kappa shape index (κ2) is 8.54. The van der Waals surface area contributed by atoms with E-state index < -0.39 is 0 Å². The van der Waals surface area contributed by atoms with E-state index in [0.29, 0.717) is 17.1 Å². The molecule has 6 nitrogen and oxygen atoms in total. The highest BCUT2D eigenvalue weighted by Gasteiger charge is 2.06. The third-order valence-electron chi connectivity index (χ3n) is 2.23. The van der Waals surface area contributed by atoms with Crippen LogP contribution in [0.1, 0.15) is 5.56 Å². The van der Waals surface area contributed by atoms with E-state index in [-0.39, 0.29) is 32.0 Å². The summed E-state index contributed by atoms with van der Waals surface area (Å²) in [5.41, 5.74) is 0.421. The minimum Gasteiger partial charge on any atom is -0.491 e. The van der Waals surface area contributed by atoms with Crippen molar-refractivity contribution in [1.29, 1.82) is 10.5 Å². The first-order chi connectivity index (χ1) is 9.74. The van der Waals surface area contributed by atoms with Gasteiger partial charge in [-0.25, -0.2) is 0 Å². The molecule has 0 fully saturated rings. The monoisotopic (exact) mass is 274 g/mol. The van der Waals surface area contributed by atoms with Crippen LogP contribution in [-0.2, 0) is 0 Å². The number of allylic oxidation sites excluding steroid dienone is 1. The molecule has 0 spiro atoms. The molecular weight excluding hydrogens is 260 g/mol. The molecule has 0 saturated heterocycles. The topological polar surface area (TPSA) is 107 Å². The predicted molar refractivity (Wildman–Crippen MR) is 70.8 cm³/mol. The highest BCUT2D eigenvalue weighted by Crippen LogP contribution is 2.26. The third-order valence-corrected chi connectivity index (χ3v) is 2.23. The van der Waals surface area contributed by atoms with E-state index in [1.807, 2.05) is 0 Å². The summed E-state index contributed by atoms with van der Waals surface area (Å²) in [6.07, 6.45) is 1.37. The number of hydrogen-bond acceptors (Lipinski definition) is 6. The van der Waals surface area contributed by atoms with E-state index >= 15 is 0 Å². The van der Waals surface area contributed by atoms with Gasteiger partial charge in [-0.3, -0.25) is 0 Å². The molecule has 0 amide bonds. The standard InChI is InChI=1S/C14H14N2O4/c15-9-11(10-16)7-12-8-13(19-5-3-17)1-2-14(12)20-6-4-18/h1-2,7-8,17-18H,3-6H2. The fraction of sp³-hybridized carbons (Fsp3) is 0.286. The number of aliphatic hydroxyl groups is 2. The molecule has 0 atom stereocenters. The number of rotatable bonds is 7. The number of benzene rings is 1. The maximum absolute atomic E-state index is 8.78. The van der Waals surface area contributed by atoms with Gasteiger partial charge in [0.15, 0.2) is 0 Å². The molecule has 0 aliphatic heterocycles. The summed E-state index contributed by atoms with van der Waals surface area (Å²) in [4.78, 5) is 0. The van der Waals surface area contributed by atoms with Gasteiger partial charge in [-0.15, -0.1) is 0 Å². The van der Waals surface area contributed by atoms with Crippen LogP contribution in [0, 0.1) is 22.7 Å². The Morgan fingerprint density at radius 2 is 1.75 bits per heavy atom. The van der Waals surface area contributed by atoms with Crippen LogP contribution in [0.5, 0.6) is 11.5 Å². The molecule has 0 radical (unpaired) electrons. The molecular formula is C14H14N2O4. The Kier molecular flexibility index (Phi) is 6.63. The zero-order valence-electron chi connectivity index (χ0n) is 10.7. The Bertz CT molecular complexity index is 539. The maximum atomic E-state index is 8.78. The van der Waals surface area contributed by atoms with Gasteiger partial charge in [0.2, 0.25) is 0 Å². The largest absolute Gasteiger partial charge is 0.491 e. The van der Waals surface area contributed by atoms with Crippen molar-refractivity contribution < 1.29 is 19.7 Å². The van der Waals surface area contributed by atoms with Crippen molar-refractivity contribution in [2.75, 3.05) is 26.4 Å². The van der Waals surface area contributed by atoms with Gasteiger partial charge in [-0.05, 0) is 24.3 Å². The lowest BCUT2D eigenvalue weighted by atomic mass is 10.1. The van der Waals surface area contributed by atoms with E-state index in [2.05, 4.69) is 0 Å². The molecule has 0 saturated carbocycles. The summed E-state index contributed by atoms with van der Waals surface area (Å²) >= 11 is 0. The molecule has 1 rings (SSSR count). The molecule has 1 aromatic rings. The second-order valence-electron chi connectivity index (χ2n) is 3.63. The number of ether oxygens (including phenoxy) is 2. The Balaban J connectivity index is 3.09. The van der Waals surface area contributed by atoms with Crippen LogP contribution >= 0.6 is 0 Å². The normalized spacial score (nSPS) is 9.20. The number of aliphatic hydroxyl groups excluding tert-OH is 2. The van der Waals surface area contributed by atoms with Gasteiger partial charge in [-0.1, -0.05) is 0 Å². The fourth-order valence-corrected chi connectivity index (χ4v) is 1.42. The molecule has 20 heavy (non-hydrogen) atoms. The SMILES string of the molecule is N#CC(C#N)=Cc1cc(OCCO)ccc1OCCO. The average Bonchev–Trinajstić information content (AvgIpc) is 2.49. The molecule has 0 aromatic heterocycles. The van der Waals surface area contributed by atoms with Gasteiger partial charge in [-0.2, -0.15) is 10.5 Å². The minimum atomic E-state index is -0.144. The summed E-state index contributed by atoms with van der Waals surface area (Å²) in [7, 11) is 0. The van der Waals surface area contributed by atoms with Crippen LogP contribution in [0.2, 0.25) is 0 Å². The molecule has 2 N–H and O–H groups in total. The van der Waals surface area contributed by atoms with Crippen molar-refractivity contribution in [2.45, 2.75) is 0 Å². The molecule has 0 aliphatic carbocycles. The van der Waals surface area contributed by atoms with Crippen LogP contribution in [0.15, 0.2) is 23.8 Å². The fourth-order valence-electron chi connectivity index (χ4n) is 1.42. The van der Waals surface area contributed by atoms with Crippen LogP contribution in [0.3, 0.4) is 0 Å². The number of hydrogen-bond donors (Lipinski definition) is 2. The zero-order valence-corrected chi connectivity index (χ0v) is 10.7. The molecule has 104 valence electrons. The average molecular weight is 274 g/mol. The van der Waals surface area contributed by atoms with E-state index in [1.165, 1.54) is 6.08 Å². The van der Waals surface area contributed by atoms with Gasteiger partial charge >= 0.3 is 0 Å². The lowest BCUT2D eigenvalue weighted by molar-refractivity contribution is 0.197. The van der Waals surface area contributed by atoms with Crippen molar-refractivity contribution in [3.05, 3.63) is 29.3 Å². The summed E-state index contributed by atoms with van der Waals surface area (Å²) in [5, 5.41) is 35.0. The van der Waals surface area contributed by atoms with Crippen LogP contribution < -0.4 is 9.47 Å². The second-order valence-corrected chi connectivity index (χ2v) is 3.63. The molecule has 0 bridgehead atoms. The molecule has 0 aliphatic rings. The van der Waals surface area contributed by atoms with Crippen molar-refractivity contribution in [3.63, 3.8) is 0 Å². The van der Waals surface area contributed by atoms with E-state index in [4.69, 9.17) is 30.2 Å². The quantitative estimate of drug-likeness (QED) is 0.714. The third kappa shape index (κ3) is 4.62. The van der Waals surface area contributed by atoms with Gasteiger partial charge in [0.1, 0.15) is 42.4 Å². The Morgan fingerprint density at radius 3 is 2.35 bits per heavy atom. The lowest BCUT2D eigenvalue weighted by Gasteiger charge is -2.11. The number of nitrogens with zero attached hydrogens (tertiary/aromatic N) is 2. The van der Waals surface area contributed by atoms with E-state index in [0.717, 1.165) is 0 Å². The van der Waals surface area contributed by atoms with Crippen molar-refractivity contribution in [2.24, 2.45) is 0 Å². The van der Waals surface area contributed by atoms with Crippen molar-refractivity contribution in [1.82, 2.24) is 0 Å². The first-order valence-corrected chi connectivity index (χ1v) is 5.88. The summed E-state index contributed by atoms with van der Waals surface area (Å²) in [6.45, 7) is -0.0136. The summed E-state index contributed by atoms with van der Waals surface area (Å²) in [6, 6.07) is 8.36. The first-order valence-electron chi connectivity index (χ1n) is 5.88. The smallest absolute Gasteiger partial charge is 0.130 e. The van der Waals surface area contributed by atoms with Gasteiger partial charge in [0, 0.05) is 5.56 Å². The number of nitriles is 2. The summed E-state index contributed by atoms with van der Waals surface area (Å²) in [5.74, 6) is 0.912. The maximum Gasteiger partial charge on any atom is 0.130 e. The molecule has 0 heterocycles. The zero-order chi connectivity index (χ0) is 14.8. The molecule has 6 heteroatoms.